The summed E-state index contributed by atoms with van der Waals surface area (Å²) in [6.45, 7) is 3.87. The van der Waals surface area contributed by atoms with E-state index in [1.165, 1.54) is 12.8 Å². The highest BCUT2D eigenvalue weighted by Gasteiger charge is 2.45. The molecule has 0 unspecified atom stereocenters. The summed E-state index contributed by atoms with van der Waals surface area (Å²) in [4.78, 5) is 14.8. The highest BCUT2D eigenvalue weighted by atomic mass is 35.5. The molecule has 4 nitrogen and oxygen atoms in total. The number of carbonyl (C=O) groups excluding carboxylic acids is 1. The summed E-state index contributed by atoms with van der Waals surface area (Å²) in [6, 6.07) is 7.84. The van der Waals surface area contributed by atoms with E-state index in [4.69, 9.17) is 11.6 Å². The van der Waals surface area contributed by atoms with Crippen LogP contribution >= 0.6 is 11.6 Å². The fourth-order valence-corrected chi connectivity index (χ4v) is 4.24. The van der Waals surface area contributed by atoms with E-state index in [0.717, 1.165) is 43.1 Å². The van der Waals surface area contributed by atoms with Crippen LogP contribution in [-0.4, -0.2) is 50.1 Å². The van der Waals surface area contributed by atoms with Crippen molar-refractivity contribution in [2.75, 3.05) is 33.2 Å². The summed E-state index contributed by atoms with van der Waals surface area (Å²) >= 11 is 5.99. The van der Waals surface area contributed by atoms with E-state index in [1.54, 1.807) is 0 Å². The van der Waals surface area contributed by atoms with Gasteiger partial charge in [0.2, 0.25) is 5.91 Å². The maximum absolute atomic E-state index is 12.5. The van der Waals surface area contributed by atoms with Crippen LogP contribution < -0.4 is 10.6 Å². The third-order valence-corrected chi connectivity index (χ3v) is 5.55. The number of nitrogens with one attached hydrogen (secondary N) is 2. The zero-order valence-electron chi connectivity index (χ0n) is 13.8. The molecule has 1 aromatic carbocycles. The van der Waals surface area contributed by atoms with Gasteiger partial charge in [0, 0.05) is 18.1 Å². The van der Waals surface area contributed by atoms with Crippen LogP contribution in [0, 0.1) is 5.41 Å². The van der Waals surface area contributed by atoms with Crippen molar-refractivity contribution in [2.45, 2.75) is 31.7 Å². The van der Waals surface area contributed by atoms with Crippen LogP contribution in [0.5, 0.6) is 0 Å². The lowest BCUT2D eigenvalue weighted by Crippen LogP contribution is -2.42. The predicted octanol–water partition coefficient (Wildman–Crippen LogP) is 2.07. The van der Waals surface area contributed by atoms with Crippen LogP contribution in [0.2, 0.25) is 5.02 Å². The van der Waals surface area contributed by atoms with Gasteiger partial charge in [-0.15, -0.1) is 0 Å². The number of piperidine rings is 1. The molecule has 0 aliphatic carbocycles. The van der Waals surface area contributed by atoms with Crippen LogP contribution in [0.25, 0.3) is 0 Å². The minimum absolute atomic E-state index is 0.0208. The van der Waals surface area contributed by atoms with Crippen molar-refractivity contribution in [1.82, 2.24) is 15.5 Å². The molecule has 1 atom stereocenters. The van der Waals surface area contributed by atoms with Gasteiger partial charge >= 0.3 is 0 Å². The topological polar surface area (TPSA) is 44.4 Å². The molecule has 126 valence electrons. The standard InChI is InChI=1S/C18H26ClN3O/c1-22-13-18(6-9-20-10-7-18)12-16(22)17(23)21-8-5-14-3-2-4-15(19)11-14/h2-4,11,16,20H,5-10,12-13H2,1H3,(H,21,23)/t16-/m0/s1. The summed E-state index contributed by atoms with van der Waals surface area (Å²) in [6.07, 6.45) is 4.18. The monoisotopic (exact) mass is 335 g/mol. The lowest BCUT2D eigenvalue weighted by molar-refractivity contribution is -0.125. The van der Waals surface area contributed by atoms with Crippen molar-refractivity contribution < 1.29 is 4.79 Å². The molecule has 1 aromatic rings. The van der Waals surface area contributed by atoms with E-state index < -0.39 is 0 Å². The molecule has 23 heavy (non-hydrogen) atoms. The van der Waals surface area contributed by atoms with Gasteiger partial charge in [0.05, 0.1) is 6.04 Å². The molecule has 2 fully saturated rings. The average Bonchev–Trinajstić information content (AvgIpc) is 2.84. The SMILES string of the molecule is CN1CC2(CCNCC2)C[C@H]1C(=O)NCCc1cccc(Cl)c1. The number of nitrogens with zero attached hydrogens (tertiary/aromatic N) is 1. The molecule has 2 saturated heterocycles. The van der Waals surface area contributed by atoms with Gasteiger partial charge in [-0.25, -0.2) is 0 Å². The van der Waals surface area contributed by atoms with Crippen LogP contribution in [-0.2, 0) is 11.2 Å². The Morgan fingerprint density at radius 2 is 2.22 bits per heavy atom. The van der Waals surface area contributed by atoms with E-state index in [0.29, 0.717) is 12.0 Å². The van der Waals surface area contributed by atoms with Crippen molar-refractivity contribution in [3.05, 3.63) is 34.9 Å². The molecule has 2 aliphatic heterocycles. The maximum Gasteiger partial charge on any atom is 0.237 e. The Labute approximate surface area is 143 Å². The van der Waals surface area contributed by atoms with Crippen molar-refractivity contribution in [3.8, 4) is 0 Å². The van der Waals surface area contributed by atoms with Crippen molar-refractivity contribution >= 4 is 17.5 Å². The molecule has 1 amide bonds. The molecule has 1 spiro atoms. The van der Waals surface area contributed by atoms with Crippen molar-refractivity contribution in [2.24, 2.45) is 5.41 Å². The zero-order valence-corrected chi connectivity index (χ0v) is 14.5. The number of hydrogen-bond donors (Lipinski definition) is 2. The Kier molecular flexibility index (Phi) is 5.24. The van der Waals surface area contributed by atoms with Gasteiger partial charge in [0.15, 0.2) is 0 Å². The second kappa shape index (κ2) is 7.20. The highest BCUT2D eigenvalue weighted by molar-refractivity contribution is 6.30. The first-order valence-electron chi connectivity index (χ1n) is 8.51. The van der Waals surface area contributed by atoms with Crippen LogP contribution in [0.4, 0.5) is 0 Å². The third kappa shape index (κ3) is 4.06. The van der Waals surface area contributed by atoms with E-state index in [1.807, 2.05) is 24.3 Å². The fourth-order valence-electron chi connectivity index (χ4n) is 4.02. The molecule has 2 N–H and O–H groups in total. The summed E-state index contributed by atoms with van der Waals surface area (Å²) < 4.78 is 0. The first-order valence-corrected chi connectivity index (χ1v) is 8.89. The Morgan fingerprint density at radius 1 is 1.43 bits per heavy atom. The second-order valence-corrected chi connectivity index (χ2v) is 7.49. The molecule has 0 aromatic heterocycles. The van der Waals surface area contributed by atoms with Gasteiger partial charge in [-0.3, -0.25) is 9.69 Å². The molecule has 5 heteroatoms. The van der Waals surface area contributed by atoms with E-state index in [2.05, 4.69) is 22.6 Å². The number of likely N-dealkylation sites (tertiary alicyclic amines) is 1. The number of amides is 1. The average molecular weight is 336 g/mol. The largest absolute Gasteiger partial charge is 0.354 e. The van der Waals surface area contributed by atoms with Crippen LogP contribution in [0.1, 0.15) is 24.8 Å². The Morgan fingerprint density at radius 3 is 2.96 bits per heavy atom. The first kappa shape index (κ1) is 16.7. The van der Waals surface area contributed by atoms with Crippen molar-refractivity contribution in [1.29, 1.82) is 0 Å². The van der Waals surface area contributed by atoms with Crippen LogP contribution in [0.3, 0.4) is 0 Å². The van der Waals surface area contributed by atoms with E-state index in [9.17, 15) is 4.79 Å². The molecule has 0 saturated carbocycles. The maximum atomic E-state index is 12.5. The quantitative estimate of drug-likeness (QED) is 0.885. The summed E-state index contributed by atoms with van der Waals surface area (Å²) in [7, 11) is 2.08. The van der Waals surface area contributed by atoms with E-state index in [-0.39, 0.29) is 11.9 Å². The van der Waals surface area contributed by atoms with Gasteiger partial charge in [-0.1, -0.05) is 23.7 Å². The lowest BCUT2D eigenvalue weighted by atomic mass is 9.77. The second-order valence-electron chi connectivity index (χ2n) is 7.06. The van der Waals surface area contributed by atoms with Crippen LogP contribution in [0.15, 0.2) is 24.3 Å². The van der Waals surface area contributed by atoms with E-state index >= 15 is 0 Å². The Balaban J connectivity index is 1.50. The van der Waals surface area contributed by atoms with Gasteiger partial charge in [0.1, 0.15) is 0 Å². The number of carbonyl (C=O) groups is 1. The predicted molar refractivity (Wildman–Crippen MR) is 93.7 cm³/mol. The normalized spacial score (nSPS) is 24.0. The number of hydrogen-bond acceptors (Lipinski definition) is 3. The summed E-state index contributed by atoms with van der Waals surface area (Å²) in [5.41, 5.74) is 1.50. The Bertz CT molecular complexity index is 557. The van der Waals surface area contributed by atoms with Gasteiger partial charge in [-0.2, -0.15) is 0 Å². The molecule has 2 aliphatic rings. The van der Waals surface area contributed by atoms with Gasteiger partial charge in [0.25, 0.3) is 0 Å². The molecule has 0 radical (unpaired) electrons. The smallest absolute Gasteiger partial charge is 0.237 e. The summed E-state index contributed by atoms with van der Waals surface area (Å²) in [5, 5.41) is 7.27. The molecule has 2 heterocycles. The zero-order chi connectivity index (χ0) is 16.3. The molecule has 3 rings (SSSR count). The summed E-state index contributed by atoms with van der Waals surface area (Å²) in [5.74, 6) is 0.171. The molecular weight excluding hydrogens is 310 g/mol. The molecule has 0 bridgehead atoms. The highest BCUT2D eigenvalue weighted by Crippen LogP contribution is 2.41. The number of halogens is 1. The van der Waals surface area contributed by atoms with Gasteiger partial charge < -0.3 is 10.6 Å². The number of likely N-dealkylation sites (N-methyl/N-ethyl adjacent to an activating group) is 1. The van der Waals surface area contributed by atoms with Crippen molar-refractivity contribution in [3.63, 3.8) is 0 Å². The fraction of sp³-hybridized carbons (Fsp3) is 0.611. The first-order chi connectivity index (χ1) is 11.1. The number of rotatable bonds is 4. The number of benzene rings is 1. The lowest BCUT2D eigenvalue weighted by Gasteiger charge is -2.33. The third-order valence-electron chi connectivity index (χ3n) is 5.31. The minimum Gasteiger partial charge on any atom is -0.354 e. The Hall–Kier alpha value is -1.10. The minimum atomic E-state index is 0.0208. The van der Waals surface area contributed by atoms with Gasteiger partial charge in [-0.05, 0) is 68.9 Å². The molecular formula is C18H26ClN3O.